The fourth-order valence-corrected chi connectivity index (χ4v) is 4.39. The fourth-order valence-electron chi connectivity index (χ4n) is 4.39. The first-order valence-corrected chi connectivity index (χ1v) is 10.3. The Balaban J connectivity index is 1.63. The van der Waals surface area contributed by atoms with E-state index in [1.54, 1.807) is 16.5 Å². The van der Waals surface area contributed by atoms with Crippen LogP contribution in [-0.2, 0) is 9.59 Å². The molecule has 154 valence electrons. The summed E-state index contributed by atoms with van der Waals surface area (Å²) in [6, 6.07) is -0.226. The van der Waals surface area contributed by atoms with E-state index in [9.17, 15) is 19.5 Å². The highest BCUT2D eigenvalue weighted by molar-refractivity contribution is 5.89. The van der Waals surface area contributed by atoms with E-state index in [4.69, 9.17) is 0 Å². The Morgan fingerprint density at radius 1 is 1.14 bits per heavy atom. The van der Waals surface area contributed by atoms with Gasteiger partial charge in [0.2, 0.25) is 11.8 Å². The van der Waals surface area contributed by atoms with E-state index in [0.29, 0.717) is 31.7 Å². The van der Waals surface area contributed by atoms with Crippen LogP contribution in [-0.4, -0.2) is 68.1 Å². The second kappa shape index (κ2) is 8.75. The number of carbonyl (C=O) groups is 3. The lowest BCUT2D eigenvalue weighted by molar-refractivity contribution is -0.148. The molecule has 1 unspecified atom stereocenters. The third-order valence-electron chi connectivity index (χ3n) is 5.97. The van der Waals surface area contributed by atoms with Gasteiger partial charge in [0.25, 0.3) is 0 Å². The summed E-state index contributed by atoms with van der Waals surface area (Å²) in [4.78, 5) is 40.4. The molecular formula is C20H30N4O4. The number of aromatic carboxylic acids is 1. The molecule has 0 radical (unpaired) electrons. The number of hydrogen-bond acceptors (Lipinski definition) is 4. The zero-order valence-electron chi connectivity index (χ0n) is 16.8. The molecule has 0 spiro atoms. The van der Waals surface area contributed by atoms with Gasteiger partial charge in [0.1, 0.15) is 11.6 Å². The van der Waals surface area contributed by atoms with Crippen LogP contribution >= 0.6 is 0 Å². The monoisotopic (exact) mass is 390 g/mol. The molecule has 28 heavy (non-hydrogen) atoms. The van der Waals surface area contributed by atoms with Crippen LogP contribution in [0, 0.1) is 6.92 Å². The average molecular weight is 390 g/mol. The second-order valence-corrected chi connectivity index (χ2v) is 7.80. The minimum atomic E-state index is -0.967. The lowest BCUT2D eigenvalue weighted by Gasteiger charge is -2.40. The molecule has 2 aliphatic heterocycles. The third-order valence-corrected chi connectivity index (χ3v) is 5.97. The maximum atomic E-state index is 13.1. The number of carboxylic acids is 1. The van der Waals surface area contributed by atoms with Gasteiger partial charge in [0, 0.05) is 26.1 Å². The second-order valence-electron chi connectivity index (χ2n) is 7.80. The van der Waals surface area contributed by atoms with Crippen molar-refractivity contribution >= 4 is 17.8 Å². The Morgan fingerprint density at radius 3 is 2.46 bits per heavy atom. The molecule has 2 aliphatic rings. The van der Waals surface area contributed by atoms with E-state index < -0.39 is 5.97 Å². The van der Waals surface area contributed by atoms with E-state index in [2.05, 4.69) is 5.10 Å². The quantitative estimate of drug-likeness (QED) is 0.832. The Labute approximate surface area is 165 Å². The van der Waals surface area contributed by atoms with Gasteiger partial charge < -0.3 is 14.9 Å². The first-order chi connectivity index (χ1) is 13.4. The van der Waals surface area contributed by atoms with Gasteiger partial charge in [-0.15, -0.1) is 0 Å². The van der Waals surface area contributed by atoms with Crippen LogP contribution in [0.2, 0.25) is 0 Å². The lowest BCUT2D eigenvalue weighted by Crippen LogP contribution is -2.54. The summed E-state index contributed by atoms with van der Waals surface area (Å²) in [5.74, 6) is -0.819. The number of carbonyl (C=O) groups excluding carboxylic acids is 2. The summed E-state index contributed by atoms with van der Waals surface area (Å²) in [5.41, 5.74) is 0.881. The summed E-state index contributed by atoms with van der Waals surface area (Å²) in [6.07, 6.45) is 6.85. The van der Waals surface area contributed by atoms with Gasteiger partial charge in [-0.05, 0) is 45.4 Å². The molecule has 8 nitrogen and oxygen atoms in total. The van der Waals surface area contributed by atoms with Crippen LogP contribution in [0.5, 0.6) is 0 Å². The van der Waals surface area contributed by atoms with Crippen molar-refractivity contribution in [2.45, 2.75) is 70.9 Å². The third kappa shape index (κ3) is 4.05. The van der Waals surface area contributed by atoms with Gasteiger partial charge in [-0.2, -0.15) is 5.10 Å². The molecule has 0 saturated carbocycles. The van der Waals surface area contributed by atoms with Gasteiger partial charge in [0.05, 0.1) is 17.9 Å². The maximum Gasteiger partial charge on any atom is 0.339 e. The lowest BCUT2D eigenvalue weighted by atomic mass is 9.98. The first-order valence-electron chi connectivity index (χ1n) is 10.3. The summed E-state index contributed by atoms with van der Waals surface area (Å²) in [5, 5.41) is 13.5. The molecule has 2 fully saturated rings. The van der Waals surface area contributed by atoms with Crippen molar-refractivity contribution in [3.8, 4) is 0 Å². The summed E-state index contributed by atoms with van der Waals surface area (Å²) >= 11 is 0. The number of piperidine rings is 2. The molecule has 0 aromatic carbocycles. The standard InChI is InChI=1S/C20H30N4O4/c1-3-6-18(25)23-10-5-4-7-17(23)19(26)22-11-8-15(9-12-22)24-14(2)16(13-21-24)20(27)28/h13,15,17H,3-12H2,1-2H3,(H,27,28). The van der Waals surface area contributed by atoms with Gasteiger partial charge in [0.15, 0.2) is 0 Å². The number of hydrogen-bond donors (Lipinski definition) is 1. The molecular weight excluding hydrogens is 360 g/mol. The van der Waals surface area contributed by atoms with Crippen LogP contribution in [0.15, 0.2) is 6.20 Å². The van der Waals surface area contributed by atoms with Crippen molar-refractivity contribution in [1.29, 1.82) is 0 Å². The number of likely N-dealkylation sites (tertiary alicyclic amines) is 2. The number of amides is 2. The highest BCUT2D eigenvalue weighted by atomic mass is 16.4. The molecule has 2 saturated heterocycles. The molecule has 1 N–H and O–H groups in total. The molecule has 3 heterocycles. The first kappa shape index (κ1) is 20.4. The molecule has 0 bridgehead atoms. The van der Waals surface area contributed by atoms with E-state index in [1.807, 2.05) is 11.8 Å². The van der Waals surface area contributed by atoms with Gasteiger partial charge in [-0.1, -0.05) is 6.92 Å². The minimum Gasteiger partial charge on any atom is -0.478 e. The van der Waals surface area contributed by atoms with Crippen molar-refractivity contribution in [3.63, 3.8) is 0 Å². The van der Waals surface area contributed by atoms with Crippen LogP contribution in [0.4, 0.5) is 0 Å². The van der Waals surface area contributed by atoms with Gasteiger partial charge >= 0.3 is 5.97 Å². The topological polar surface area (TPSA) is 95.7 Å². The number of aromatic nitrogens is 2. The number of carboxylic acid groups (broad SMARTS) is 1. The van der Waals surface area contributed by atoms with Crippen molar-refractivity contribution in [2.75, 3.05) is 19.6 Å². The Hall–Kier alpha value is -2.38. The normalized spacial score (nSPS) is 21.0. The molecule has 1 aromatic heterocycles. The average Bonchev–Trinajstić information content (AvgIpc) is 3.09. The van der Waals surface area contributed by atoms with Crippen LogP contribution in [0.1, 0.15) is 74.0 Å². The van der Waals surface area contributed by atoms with Gasteiger partial charge in [-0.3, -0.25) is 14.3 Å². The van der Waals surface area contributed by atoms with E-state index in [1.165, 1.54) is 6.20 Å². The van der Waals surface area contributed by atoms with Crippen LogP contribution < -0.4 is 0 Å². The molecule has 2 amide bonds. The predicted molar refractivity (Wildman–Crippen MR) is 103 cm³/mol. The van der Waals surface area contributed by atoms with E-state index in [-0.39, 0.29) is 29.5 Å². The van der Waals surface area contributed by atoms with Crippen LogP contribution in [0.3, 0.4) is 0 Å². The van der Waals surface area contributed by atoms with Crippen molar-refractivity contribution < 1.29 is 19.5 Å². The number of rotatable bonds is 5. The Bertz CT molecular complexity index is 737. The molecule has 1 atom stereocenters. The molecule has 1 aromatic rings. The smallest absolute Gasteiger partial charge is 0.339 e. The fraction of sp³-hybridized carbons (Fsp3) is 0.700. The Morgan fingerprint density at radius 2 is 1.86 bits per heavy atom. The Kier molecular flexibility index (Phi) is 6.36. The van der Waals surface area contributed by atoms with E-state index in [0.717, 1.165) is 38.5 Å². The number of nitrogens with zero attached hydrogens (tertiary/aromatic N) is 4. The predicted octanol–water partition coefficient (Wildman–Crippen LogP) is 2.23. The zero-order chi connectivity index (χ0) is 20.3. The summed E-state index contributed by atoms with van der Waals surface area (Å²) in [6.45, 7) is 5.65. The molecule has 3 rings (SSSR count). The highest BCUT2D eigenvalue weighted by Gasteiger charge is 2.36. The van der Waals surface area contributed by atoms with E-state index >= 15 is 0 Å². The summed E-state index contributed by atoms with van der Waals surface area (Å²) in [7, 11) is 0. The van der Waals surface area contributed by atoms with Crippen molar-refractivity contribution in [3.05, 3.63) is 17.5 Å². The SMILES string of the molecule is CCCC(=O)N1CCCCC1C(=O)N1CCC(n2ncc(C(=O)O)c2C)CC1. The van der Waals surface area contributed by atoms with Gasteiger partial charge in [-0.25, -0.2) is 4.79 Å². The van der Waals surface area contributed by atoms with Crippen molar-refractivity contribution in [2.24, 2.45) is 0 Å². The van der Waals surface area contributed by atoms with Crippen molar-refractivity contribution in [1.82, 2.24) is 19.6 Å². The largest absolute Gasteiger partial charge is 0.478 e. The molecule has 0 aliphatic carbocycles. The molecule has 8 heteroatoms. The zero-order valence-corrected chi connectivity index (χ0v) is 16.8. The maximum absolute atomic E-state index is 13.1. The van der Waals surface area contributed by atoms with Crippen LogP contribution in [0.25, 0.3) is 0 Å². The minimum absolute atomic E-state index is 0.0611. The highest BCUT2D eigenvalue weighted by Crippen LogP contribution is 2.27. The summed E-state index contributed by atoms with van der Waals surface area (Å²) < 4.78 is 1.78.